The number of benzene rings is 1. The molecule has 0 unspecified atom stereocenters. The van der Waals surface area contributed by atoms with Crippen LogP contribution in [0.2, 0.25) is 5.02 Å². The molecule has 1 heterocycles. The Balaban J connectivity index is 2.16. The van der Waals surface area contributed by atoms with Crippen LogP contribution in [0, 0.1) is 0 Å². The van der Waals surface area contributed by atoms with E-state index in [4.69, 9.17) is 25.6 Å². The maximum Gasteiger partial charge on any atom is 0.147 e. The zero-order valence-corrected chi connectivity index (χ0v) is 12.7. The number of aromatic nitrogens is 1. The Labute approximate surface area is 128 Å². The van der Waals surface area contributed by atoms with Gasteiger partial charge in [-0.2, -0.15) is 0 Å². The molecule has 0 aliphatic heterocycles. The molecule has 1 fully saturated rings. The van der Waals surface area contributed by atoms with E-state index in [0.717, 1.165) is 29.7 Å². The predicted octanol–water partition coefficient (Wildman–Crippen LogP) is 4.50. The standard InChI is InChI=1S/C16H16ClNO3/c1-19-9-8-11-15(18-21-16(11)10-6-7-10)14-12(17)4-3-5-13(14)20-2/h3-5,8-10H,6-7H2,1-2H3/b9-8+. The van der Waals surface area contributed by atoms with E-state index < -0.39 is 0 Å². The van der Waals surface area contributed by atoms with Gasteiger partial charge in [-0.25, -0.2) is 0 Å². The normalized spacial score (nSPS) is 14.6. The third-order valence-electron chi connectivity index (χ3n) is 3.51. The van der Waals surface area contributed by atoms with Gasteiger partial charge in [-0.05, 0) is 31.1 Å². The molecule has 0 atom stereocenters. The Kier molecular flexibility index (Phi) is 3.88. The minimum Gasteiger partial charge on any atom is -0.504 e. The molecule has 0 N–H and O–H groups in total. The number of methoxy groups -OCH3 is 2. The van der Waals surface area contributed by atoms with Crippen molar-refractivity contribution in [1.82, 2.24) is 5.16 Å². The molecule has 0 bridgehead atoms. The lowest BCUT2D eigenvalue weighted by atomic mass is 10.0. The third kappa shape index (κ3) is 2.63. The van der Waals surface area contributed by atoms with Crippen LogP contribution in [0.4, 0.5) is 0 Å². The molecule has 21 heavy (non-hydrogen) atoms. The van der Waals surface area contributed by atoms with Crippen LogP contribution >= 0.6 is 11.6 Å². The molecule has 0 spiro atoms. The third-order valence-corrected chi connectivity index (χ3v) is 3.82. The van der Waals surface area contributed by atoms with Gasteiger partial charge < -0.3 is 14.0 Å². The fourth-order valence-corrected chi connectivity index (χ4v) is 2.59. The Bertz CT molecular complexity index is 674. The van der Waals surface area contributed by atoms with Crippen LogP contribution in [0.15, 0.2) is 29.0 Å². The van der Waals surface area contributed by atoms with Gasteiger partial charge in [0.15, 0.2) is 0 Å². The largest absolute Gasteiger partial charge is 0.504 e. The Morgan fingerprint density at radius 1 is 1.33 bits per heavy atom. The molecule has 1 aliphatic carbocycles. The molecular formula is C16H16ClNO3. The summed E-state index contributed by atoms with van der Waals surface area (Å²) in [5, 5.41) is 4.80. The first-order valence-corrected chi connectivity index (χ1v) is 7.15. The lowest BCUT2D eigenvalue weighted by Gasteiger charge is -2.08. The number of rotatable bonds is 5. The van der Waals surface area contributed by atoms with Crippen LogP contribution in [0.1, 0.15) is 30.1 Å². The quantitative estimate of drug-likeness (QED) is 0.763. The molecule has 5 heteroatoms. The van der Waals surface area contributed by atoms with Gasteiger partial charge in [0.05, 0.1) is 31.1 Å². The summed E-state index contributed by atoms with van der Waals surface area (Å²) in [5.41, 5.74) is 2.34. The van der Waals surface area contributed by atoms with Crippen molar-refractivity contribution in [3.8, 4) is 17.0 Å². The summed E-state index contributed by atoms with van der Waals surface area (Å²) in [6.45, 7) is 0. The molecule has 1 saturated carbocycles. The highest BCUT2D eigenvalue weighted by atomic mass is 35.5. The summed E-state index contributed by atoms with van der Waals surface area (Å²) in [4.78, 5) is 0. The second-order valence-electron chi connectivity index (χ2n) is 4.94. The van der Waals surface area contributed by atoms with Crippen LogP contribution in [0.3, 0.4) is 0 Å². The highest BCUT2D eigenvalue weighted by Crippen LogP contribution is 2.46. The van der Waals surface area contributed by atoms with Crippen molar-refractivity contribution >= 4 is 17.7 Å². The summed E-state index contributed by atoms with van der Waals surface area (Å²) in [6.07, 6.45) is 5.73. The van der Waals surface area contributed by atoms with E-state index in [-0.39, 0.29) is 0 Å². The summed E-state index contributed by atoms with van der Waals surface area (Å²) < 4.78 is 16.0. The molecule has 0 amide bonds. The SMILES string of the molecule is CO/C=C/c1c(-c2c(Cl)cccc2OC)noc1C1CC1. The first-order valence-electron chi connectivity index (χ1n) is 6.78. The first-order chi connectivity index (χ1) is 10.3. The second kappa shape index (κ2) is 5.82. The summed E-state index contributed by atoms with van der Waals surface area (Å²) in [7, 11) is 3.22. The fraction of sp³-hybridized carbons (Fsp3) is 0.312. The average Bonchev–Trinajstić information content (AvgIpc) is 3.26. The molecule has 1 aromatic carbocycles. The van der Waals surface area contributed by atoms with Crippen molar-refractivity contribution in [3.05, 3.63) is 40.8 Å². The maximum atomic E-state index is 6.34. The molecule has 110 valence electrons. The zero-order chi connectivity index (χ0) is 14.8. The van der Waals surface area contributed by atoms with Crippen LogP contribution < -0.4 is 4.74 Å². The molecule has 1 aliphatic rings. The van der Waals surface area contributed by atoms with E-state index in [0.29, 0.717) is 22.4 Å². The topological polar surface area (TPSA) is 44.5 Å². The van der Waals surface area contributed by atoms with Crippen molar-refractivity contribution in [2.24, 2.45) is 0 Å². The van der Waals surface area contributed by atoms with Gasteiger partial charge in [-0.3, -0.25) is 0 Å². The number of hydrogen-bond donors (Lipinski definition) is 0. The number of hydrogen-bond acceptors (Lipinski definition) is 4. The van der Waals surface area contributed by atoms with E-state index in [1.165, 1.54) is 0 Å². The summed E-state index contributed by atoms with van der Waals surface area (Å²) >= 11 is 6.34. The Morgan fingerprint density at radius 3 is 2.81 bits per heavy atom. The number of ether oxygens (including phenoxy) is 2. The van der Waals surface area contributed by atoms with Crippen molar-refractivity contribution in [2.45, 2.75) is 18.8 Å². The van der Waals surface area contributed by atoms with Crippen LogP contribution in [-0.2, 0) is 4.74 Å². The molecule has 1 aromatic heterocycles. The molecule has 0 radical (unpaired) electrons. The van der Waals surface area contributed by atoms with E-state index in [9.17, 15) is 0 Å². The van der Waals surface area contributed by atoms with Crippen LogP contribution in [-0.4, -0.2) is 19.4 Å². The van der Waals surface area contributed by atoms with Gasteiger partial charge in [0.1, 0.15) is 17.2 Å². The van der Waals surface area contributed by atoms with E-state index in [1.54, 1.807) is 20.5 Å². The van der Waals surface area contributed by atoms with E-state index in [1.807, 2.05) is 24.3 Å². The van der Waals surface area contributed by atoms with E-state index >= 15 is 0 Å². The van der Waals surface area contributed by atoms with Crippen molar-refractivity contribution in [3.63, 3.8) is 0 Å². The molecule has 4 nitrogen and oxygen atoms in total. The smallest absolute Gasteiger partial charge is 0.147 e. The lowest BCUT2D eigenvalue weighted by Crippen LogP contribution is -1.91. The Morgan fingerprint density at radius 2 is 2.14 bits per heavy atom. The monoisotopic (exact) mass is 305 g/mol. The van der Waals surface area contributed by atoms with Gasteiger partial charge >= 0.3 is 0 Å². The molecule has 2 aromatic rings. The molecular weight excluding hydrogens is 290 g/mol. The average molecular weight is 306 g/mol. The minimum absolute atomic E-state index is 0.441. The maximum absolute atomic E-state index is 6.34. The predicted molar refractivity (Wildman–Crippen MR) is 81.5 cm³/mol. The van der Waals surface area contributed by atoms with Gasteiger partial charge in [0, 0.05) is 11.5 Å². The van der Waals surface area contributed by atoms with Crippen LogP contribution in [0.5, 0.6) is 5.75 Å². The summed E-state index contributed by atoms with van der Waals surface area (Å²) in [6, 6.07) is 5.52. The van der Waals surface area contributed by atoms with E-state index in [2.05, 4.69) is 5.16 Å². The second-order valence-corrected chi connectivity index (χ2v) is 5.35. The van der Waals surface area contributed by atoms with Gasteiger partial charge in [-0.15, -0.1) is 0 Å². The van der Waals surface area contributed by atoms with Crippen molar-refractivity contribution in [1.29, 1.82) is 0 Å². The van der Waals surface area contributed by atoms with Crippen molar-refractivity contribution in [2.75, 3.05) is 14.2 Å². The highest BCUT2D eigenvalue weighted by molar-refractivity contribution is 6.33. The van der Waals surface area contributed by atoms with Gasteiger partial charge in [0.25, 0.3) is 0 Å². The lowest BCUT2D eigenvalue weighted by molar-refractivity contribution is 0.341. The molecule has 0 saturated heterocycles. The van der Waals surface area contributed by atoms with Gasteiger partial charge in [-0.1, -0.05) is 22.8 Å². The fourth-order valence-electron chi connectivity index (χ4n) is 2.33. The minimum atomic E-state index is 0.441. The molecule has 3 rings (SSSR count). The number of halogens is 1. The highest BCUT2D eigenvalue weighted by Gasteiger charge is 2.32. The number of nitrogens with zero attached hydrogens (tertiary/aromatic N) is 1. The van der Waals surface area contributed by atoms with Gasteiger partial charge in [0.2, 0.25) is 0 Å². The zero-order valence-electron chi connectivity index (χ0n) is 11.9. The van der Waals surface area contributed by atoms with Crippen LogP contribution in [0.25, 0.3) is 17.3 Å². The van der Waals surface area contributed by atoms with Crippen molar-refractivity contribution < 1.29 is 14.0 Å². The first kappa shape index (κ1) is 14.0. The Hall–Kier alpha value is -1.94. The summed E-state index contributed by atoms with van der Waals surface area (Å²) in [5.74, 6) is 2.00.